The molecule has 158 valence electrons. The van der Waals surface area contributed by atoms with Crippen LogP contribution in [0.25, 0.3) is 0 Å². The third kappa shape index (κ3) is 6.39. The number of amides is 1. The molecule has 1 aliphatic heterocycles. The number of unbranched alkanes of at least 4 members (excludes halogenated alkanes) is 1. The Kier molecular flexibility index (Phi) is 8.23. The maximum absolute atomic E-state index is 12.5. The standard InChI is InChI=1S/C23H34N4O2/c1-3-26(4-2)20-16-17-27(18-20)23(28)15-14-22-25-24-21(29-22)13-9-8-12-19-10-6-5-7-11-19/h5-7,10-11,20H,3-4,8-9,12-18H2,1-2H3/t20-/m0/s1. The van der Waals surface area contributed by atoms with Crippen LogP contribution in [0.3, 0.4) is 0 Å². The lowest BCUT2D eigenvalue weighted by Gasteiger charge is -2.26. The smallest absolute Gasteiger partial charge is 0.223 e. The van der Waals surface area contributed by atoms with Crippen LogP contribution in [0.4, 0.5) is 0 Å². The number of rotatable bonds is 11. The topological polar surface area (TPSA) is 62.5 Å². The summed E-state index contributed by atoms with van der Waals surface area (Å²) in [6.45, 7) is 8.15. The molecular weight excluding hydrogens is 364 g/mol. The Morgan fingerprint density at radius 1 is 1.07 bits per heavy atom. The summed E-state index contributed by atoms with van der Waals surface area (Å²) in [6.07, 6.45) is 6.04. The molecule has 1 aromatic heterocycles. The quantitative estimate of drug-likeness (QED) is 0.542. The van der Waals surface area contributed by atoms with E-state index in [1.807, 2.05) is 11.0 Å². The summed E-state index contributed by atoms with van der Waals surface area (Å²) in [6, 6.07) is 11.0. The molecule has 1 amide bonds. The molecule has 6 heteroatoms. The molecule has 0 aliphatic carbocycles. The SMILES string of the molecule is CCN(CC)[C@H]1CCN(C(=O)CCc2nnc(CCCCc3ccccc3)o2)C1. The van der Waals surface area contributed by atoms with Crippen LogP contribution in [-0.4, -0.2) is 58.1 Å². The molecule has 0 unspecified atom stereocenters. The number of nitrogens with zero attached hydrogens (tertiary/aromatic N) is 4. The van der Waals surface area contributed by atoms with Gasteiger partial charge in [0.1, 0.15) is 0 Å². The summed E-state index contributed by atoms with van der Waals surface area (Å²) in [4.78, 5) is 17.0. The number of hydrogen-bond donors (Lipinski definition) is 0. The molecule has 1 aromatic carbocycles. The first-order valence-electron chi connectivity index (χ1n) is 11.1. The van der Waals surface area contributed by atoms with E-state index in [2.05, 4.69) is 53.2 Å². The van der Waals surface area contributed by atoms with Gasteiger partial charge in [-0.1, -0.05) is 44.2 Å². The van der Waals surface area contributed by atoms with E-state index in [-0.39, 0.29) is 5.91 Å². The molecule has 29 heavy (non-hydrogen) atoms. The van der Waals surface area contributed by atoms with E-state index in [0.29, 0.717) is 30.7 Å². The fraction of sp³-hybridized carbons (Fsp3) is 0.609. The lowest BCUT2D eigenvalue weighted by Crippen LogP contribution is -2.38. The van der Waals surface area contributed by atoms with Gasteiger partial charge in [-0.2, -0.15) is 0 Å². The minimum atomic E-state index is 0.197. The number of carbonyl (C=O) groups excluding carboxylic acids is 1. The van der Waals surface area contributed by atoms with Crippen LogP contribution >= 0.6 is 0 Å². The summed E-state index contributed by atoms with van der Waals surface area (Å²) < 4.78 is 5.74. The van der Waals surface area contributed by atoms with Gasteiger partial charge in [-0.3, -0.25) is 9.69 Å². The van der Waals surface area contributed by atoms with Gasteiger partial charge in [-0.05, 0) is 44.3 Å². The molecule has 0 N–H and O–H groups in total. The molecule has 3 rings (SSSR count). The highest BCUT2D eigenvalue weighted by Crippen LogP contribution is 2.17. The molecule has 0 saturated carbocycles. The lowest BCUT2D eigenvalue weighted by atomic mass is 10.1. The molecule has 2 heterocycles. The van der Waals surface area contributed by atoms with E-state index in [9.17, 15) is 4.79 Å². The van der Waals surface area contributed by atoms with Gasteiger partial charge in [-0.15, -0.1) is 10.2 Å². The van der Waals surface area contributed by atoms with E-state index in [4.69, 9.17) is 4.42 Å². The predicted molar refractivity (Wildman–Crippen MR) is 114 cm³/mol. The van der Waals surface area contributed by atoms with E-state index < -0.39 is 0 Å². The number of likely N-dealkylation sites (N-methyl/N-ethyl adjacent to an activating group) is 1. The predicted octanol–water partition coefficient (Wildman–Crippen LogP) is 3.51. The van der Waals surface area contributed by atoms with Crippen molar-refractivity contribution in [3.05, 3.63) is 47.7 Å². The maximum atomic E-state index is 12.5. The third-order valence-corrected chi connectivity index (χ3v) is 5.86. The summed E-state index contributed by atoms with van der Waals surface area (Å²) >= 11 is 0. The number of hydrogen-bond acceptors (Lipinski definition) is 5. The maximum Gasteiger partial charge on any atom is 0.223 e. The van der Waals surface area contributed by atoms with Crippen molar-refractivity contribution in [1.29, 1.82) is 0 Å². The number of likely N-dealkylation sites (tertiary alicyclic amines) is 1. The first kappa shape index (κ1) is 21.5. The van der Waals surface area contributed by atoms with Crippen molar-refractivity contribution in [1.82, 2.24) is 20.0 Å². The van der Waals surface area contributed by atoms with Gasteiger partial charge in [0.25, 0.3) is 0 Å². The Hall–Kier alpha value is -2.21. The second-order valence-electron chi connectivity index (χ2n) is 7.79. The van der Waals surface area contributed by atoms with Gasteiger partial charge in [-0.25, -0.2) is 0 Å². The number of carbonyl (C=O) groups is 1. The van der Waals surface area contributed by atoms with Crippen LogP contribution < -0.4 is 0 Å². The van der Waals surface area contributed by atoms with Crippen LogP contribution in [-0.2, 0) is 24.1 Å². The Morgan fingerprint density at radius 3 is 2.48 bits per heavy atom. The Morgan fingerprint density at radius 2 is 1.76 bits per heavy atom. The molecule has 2 aromatic rings. The highest BCUT2D eigenvalue weighted by molar-refractivity contribution is 5.76. The van der Waals surface area contributed by atoms with Gasteiger partial charge in [0.15, 0.2) is 0 Å². The normalized spacial score (nSPS) is 16.7. The average molecular weight is 399 g/mol. The monoisotopic (exact) mass is 398 g/mol. The van der Waals surface area contributed by atoms with Crippen LogP contribution in [0.5, 0.6) is 0 Å². The molecule has 1 saturated heterocycles. The van der Waals surface area contributed by atoms with Gasteiger partial charge < -0.3 is 9.32 Å². The van der Waals surface area contributed by atoms with Crippen molar-refractivity contribution in [2.45, 2.75) is 64.8 Å². The van der Waals surface area contributed by atoms with Crippen molar-refractivity contribution in [3.63, 3.8) is 0 Å². The molecule has 1 atom stereocenters. The summed E-state index contributed by atoms with van der Waals surface area (Å²) in [7, 11) is 0. The number of aromatic nitrogens is 2. The molecule has 1 aliphatic rings. The summed E-state index contributed by atoms with van der Waals surface area (Å²) in [5.74, 6) is 1.46. The van der Waals surface area contributed by atoms with Crippen molar-refractivity contribution in [2.24, 2.45) is 0 Å². The molecule has 6 nitrogen and oxygen atoms in total. The zero-order chi connectivity index (χ0) is 20.5. The molecule has 0 bridgehead atoms. The first-order valence-corrected chi connectivity index (χ1v) is 11.1. The van der Waals surface area contributed by atoms with Crippen LogP contribution in [0.1, 0.15) is 56.9 Å². The second-order valence-corrected chi connectivity index (χ2v) is 7.79. The van der Waals surface area contributed by atoms with Crippen LogP contribution in [0.15, 0.2) is 34.7 Å². The molecule has 1 fully saturated rings. The number of aryl methyl sites for hydroxylation is 3. The average Bonchev–Trinajstić information content (AvgIpc) is 3.41. The van der Waals surface area contributed by atoms with Gasteiger partial charge in [0.05, 0.1) is 0 Å². The van der Waals surface area contributed by atoms with Crippen molar-refractivity contribution >= 4 is 5.91 Å². The minimum absolute atomic E-state index is 0.197. The second kappa shape index (κ2) is 11.1. The Labute approximate surface area is 174 Å². The highest BCUT2D eigenvalue weighted by atomic mass is 16.4. The van der Waals surface area contributed by atoms with Gasteiger partial charge in [0.2, 0.25) is 17.7 Å². The fourth-order valence-corrected chi connectivity index (χ4v) is 4.12. The Balaban J connectivity index is 1.35. The Bertz CT molecular complexity index is 742. The third-order valence-electron chi connectivity index (χ3n) is 5.86. The molecular formula is C23H34N4O2. The first-order chi connectivity index (χ1) is 14.2. The van der Waals surface area contributed by atoms with E-state index in [1.54, 1.807) is 0 Å². The largest absolute Gasteiger partial charge is 0.425 e. The highest BCUT2D eigenvalue weighted by Gasteiger charge is 2.29. The molecule has 0 radical (unpaired) electrons. The van der Waals surface area contributed by atoms with Crippen molar-refractivity contribution < 1.29 is 9.21 Å². The fourth-order valence-electron chi connectivity index (χ4n) is 4.12. The van der Waals surface area contributed by atoms with Crippen molar-refractivity contribution in [2.75, 3.05) is 26.2 Å². The number of benzene rings is 1. The van der Waals surface area contributed by atoms with E-state index >= 15 is 0 Å². The molecule has 0 spiro atoms. The summed E-state index contributed by atoms with van der Waals surface area (Å²) in [5, 5.41) is 8.27. The van der Waals surface area contributed by atoms with Gasteiger partial charge >= 0.3 is 0 Å². The van der Waals surface area contributed by atoms with E-state index in [0.717, 1.165) is 58.3 Å². The zero-order valence-electron chi connectivity index (χ0n) is 17.8. The minimum Gasteiger partial charge on any atom is -0.425 e. The van der Waals surface area contributed by atoms with Crippen LogP contribution in [0.2, 0.25) is 0 Å². The van der Waals surface area contributed by atoms with Gasteiger partial charge in [0, 0.05) is 38.4 Å². The zero-order valence-corrected chi connectivity index (χ0v) is 17.8. The van der Waals surface area contributed by atoms with E-state index in [1.165, 1.54) is 5.56 Å². The summed E-state index contributed by atoms with van der Waals surface area (Å²) in [5.41, 5.74) is 1.36. The lowest BCUT2D eigenvalue weighted by molar-refractivity contribution is -0.130. The van der Waals surface area contributed by atoms with Crippen molar-refractivity contribution in [3.8, 4) is 0 Å². The van der Waals surface area contributed by atoms with Crippen LogP contribution in [0, 0.1) is 0 Å².